The molecule has 0 aromatic heterocycles. The number of amides is 3. The van der Waals surface area contributed by atoms with Crippen molar-refractivity contribution in [1.82, 2.24) is 10.2 Å². The van der Waals surface area contributed by atoms with Crippen LogP contribution in [-0.4, -0.2) is 34.5 Å². The fraction of sp³-hybridized carbons (Fsp3) is 0.231. The molecule has 3 aromatic carbocycles. The predicted octanol–water partition coefficient (Wildman–Crippen LogP) is 6.18. The minimum absolute atomic E-state index is 0.0333. The fourth-order valence-electron chi connectivity index (χ4n) is 3.39. The summed E-state index contributed by atoms with van der Waals surface area (Å²) in [5.74, 6) is -2.37. The number of nitrogens with one attached hydrogen (secondary N) is 2. The number of benzene rings is 3. The fourth-order valence-corrected chi connectivity index (χ4v) is 3.70. The minimum atomic E-state index is -0.968. The number of anilines is 1. The molecular weight excluding hydrogens is 511 g/mol. The van der Waals surface area contributed by atoms with Crippen molar-refractivity contribution in [2.24, 2.45) is 0 Å². The molecule has 190 valence electrons. The quantitative estimate of drug-likeness (QED) is 0.322. The van der Waals surface area contributed by atoms with Gasteiger partial charge in [0, 0.05) is 24.3 Å². The van der Waals surface area contributed by atoms with E-state index in [-0.39, 0.29) is 24.7 Å². The van der Waals surface area contributed by atoms with E-state index in [0.29, 0.717) is 32.9 Å². The summed E-state index contributed by atoms with van der Waals surface area (Å²) in [4.78, 5) is 26.5. The number of rotatable bonds is 8. The number of nitrogens with zero attached hydrogens (tertiary/aromatic N) is 1. The van der Waals surface area contributed by atoms with Gasteiger partial charge in [0.2, 0.25) is 0 Å². The Balaban J connectivity index is 1.58. The average molecular weight is 536 g/mol. The summed E-state index contributed by atoms with van der Waals surface area (Å²) in [5, 5.41) is 16.7. The Hall–Kier alpha value is -3.20. The summed E-state index contributed by atoms with van der Waals surface area (Å²) < 4.78 is 26.8. The van der Waals surface area contributed by atoms with E-state index >= 15 is 0 Å². The number of halogens is 4. The number of urea groups is 1. The molecule has 0 unspecified atom stereocenters. The second-order valence-electron chi connectivity index (χ2n) is 8.37. The van der Waals surface area contributed by atoms with Gasteiger partial charge in [0.25, 0.3) is 5.91 Å². The number of aliphatic hydroxyl groups is 1. The zero-order chi connectivity index (χ0) is 26.4. The van der Waals surface area contributed by atoms with Gasteiger partial charge < -0.3 is 20.6 Å². The van der Waals surface area contributed by atoms with E-state index in [4.69, 9.17) is 23.2 Å². The lowest BCUT2D eigenvalue weighted by atomic mass is 10.1. The highest BCUT2D eigenvalue weighted by molar-refractivity contribution is 6.42. The van der Waals surface area contributed by atoms with Crippen LogP contribution in [0, 0.1) is 11.6 Å². The number of carbonyl (C=O) groups excluding carboxylic acids is 2. The average Bonchev–Trinajstić information content (AvgIpc) is 2.83. The lowest BCUT2D eigenvalue weighted by Crippen LogP contribution is -2.42. The molecule has 3 N–H and O–H groups in total. The van der Waals surface area contributed by atoms with Crippen LogP contribution in [0.1, 0.15) is 41.4 Å². The lowest BCUT2D eigenvalue weighted by Gasteiger charge is -2.29. The molecule has 0 bridgehead atoms. The van der Waals surface area contributed by atoms with Crippen LogP contribution in [0.3, 0.4) is 0 Å². The van der Waals surface area contributed by atoms with Gasteiger partial charge in [0.1, 0.15) is 11.6 Å². The summed E-state index contributed by atoms with van der Waals surface area (Å²) in [7, 11) is 0. The lowest BCUT2D eigenvalue weighted by molar-refractivity contribution is 0.0946. The van der Waals surface area contributed by atoms with E-state index in [9.17, 15) is 23.5 Å². The number of carbonyl (C=O) groups is 2. The molecule has 36 heavy (non-hydrogen) atoms. The van der Waals surface area contributed by atoms with E-state index in [1.54, 1.807) is 42.5 Å². The Kier molecular flexibility index (Phi) is 9.25. The first-order valence-corrected chi connectivity index (χ1v) is 11.8. The molecule has 0 saturated heterocycles. The van der Waals surface area contributed by atoms with Gasteiger partial charge >= 0.3 is 6.03 Å². The van der Waals surface area contributed by atoms with Gasteiger partial charge in [-0.05, 0) is 61.4 Å². The van der Waals surface area contributed by atoms with Crippen molar-refractivity contribution in [3.8, 4) is 0 Å². The first-order chi connectivity index (χ1) is 17.0. The molecule has 0 spiro atoms. The molecule has 0 radical (unpaired) electrons. The molecule has 0 aliphatic heterocycles. The molecule has 0 saturated carbocycles. The largest absolute Gasteiger partial charge is 0.387 e. The van der Waals surface area contributed by atoms with Crippen LogP contribution in [0.4, 0.5) is 19.3 Å². The molecule has 0 heterocycles. The standard InChI is InChI=1S/C26H25Cl2F2N3O3/c1-15(2)33(14-24(34)17-5-10-21(27)22(28)11-17)26(36)32-19-7-3-16(4-8-19)13-31-25(35)20-9-6-18(29)12-23(20)30/h3-12,15,24,34H,13-14H2,1-2H3,(H,31,35)(H,32,36)/t24-/m1/s1. The number of aliphatic hydroxyl groups excluding tert-OH is 1. The van der Waals surface area contributed by atoms with E-state index in [1.807, 2.05) is 13.8 Å². The van der Waals surface area contributed by atoms with E-state index in [0.717, 1.165) is 12.1 Å². The SMILES string of the molecule is CC(C)N(C[C@@H](O)c1ccc(Cl)c(Cl)c1)C(=O)Nc1ccc(CNC(=O)c2ccc(F)cc2F)cc1. The van der Waals surface area contributed by atoms with Gasteiger partial charge in [-0.1, -0.05) is 41.4 Å². The van der Waals surface area contributed by atoms with Crippen molar-refractivity contribution in [3.05, 3.63) is 99.0 Å². The highest BCUT2D eigenvalue weighted by Crippen LogP contribution is 2.26. The minimum Gasteiger partial charge on any atom is -0.387 e. The molecule has 3 amide bonds. The molecule has 0 aliphatic rings. The second kappa shape index (κ2) is 12.2. The summed E-state index contributed by atoms with van der Waals surface area (Å²) in [5.41, 5.74) is 1.50. The van der Waals surface area contributed by atoms with Gasteiger partial charge in [-0.25, -0.2) is 13.6 Å². The number of hydrogen-bond donors (Lipinski definition) is 3. The Morgan fingerprint density at radius 2 is 1.67 bits per heavy atom. The van der Waals surface area contributed by atoms with Crippen molar-refractivity contribution in [1.29, 1.82) is 0 Å². The van der Waals surface area contributed by atoms with Crippen LogP contribution < -0.4 is 10.6 Å². The molecule has 3 aromatic rings. The zero-order valence-corrected chi connectivity index (χ0v) is 21.1. The Morgan fingerprint density at radius 3 is 2.28 bits per heavy atom. The summed E-state index contributed by atoms with van der Waals surface area (Å²) >= 11 is 12.0. The van der Waals surface area contributed by atoms with Crippen molar-refractivity contribution >= 4 is 40.8 Å². The maximum atomic E-state index is 13.8. The molecule has 1 atom stereocenters. The monoisotopic (exact) mass is 535 g/mol. The van der Waals surface area contributed by atoms with Gasteiger partial charge in [-0.15, -0.1) is 0 Å². The third kappa shape index (κ3) is 7.16. The summed E-state index contributed by atoms with van der Waals surface area (Å²) in [6.07, 6.45) is -0.968. The van der Waals surface area contributed by atoms with Crippen molar-refractivity contribution < 1.29 is 23.5 Å². The first-order valence-electron chi connectivity index (χ1n) is 11.1. The summed E-state index contributed by atoms with van der Waals surface area (Å²) in [6.45, 7) is 3.80. The Morgan fingerprint density at radius 1 is 0.972 bits per heavy atom. The normalized spacial score (nSPS) is 11.8. The third-order valence-corrected chi connectivity index (χ3v) is 6.16. The maximum absolute atomic E-state index is 13.8. The second-order valence-corrected chi connectivity index (χ2v) is 9.18. The van der Waals surface area contributed by atoms with Crippen LogP contribution in [0.2, 0.25) is 10.0 Å². The highest BCUT2D eigenvalue weighted by atomic mass is 35.5. The van der Waals surface area contributed by atoms with E-state index in [1.165, 1.54) is 4.90 Å². The highest BCUT2D eigenvalue weighted by Gasteiger charge is 2.22. The van der Waals surface area contributed by atoms with E-state index < -0.39 is 29.7 Å². The predicted molar refractivity (Wildman–Crippen MR) is 136 cm³/mol. The van der Waals surface area contributed by atoms with Crippen LogP contribution in [0.15, 0.2) is 60.7 Å². The molecule has 0 fully saturated rings. The van der Waals surface area contributed by atoms with Crippen molar-refractivity contribution in [2.45, 2.75) is 32.5 Å². The van der Waals surface area contributed by atoms with Gasteiger partial charge in [0.15, 0.2) is 0 Å². The molecule has 10 heteroatoms. The first kappa shape index (κ1) is 27.4. The summed E-state index contributed by atoms with van der Waals surface area (Å²) in [6, 6.07) is 13.6. The number of hydrogen-bond acceptors (Lipinski definition) is 3. The maximum Gasteiger partial charge on any atom is 0.322 e. The van der Waals surface area contributed by atoms with E-state index in [2.05, 4.69) is 10.6 Å². The van der Waals surface area contributed by atoms with Crippen LogP contribution >= 0.6 is 23.2 Å². The Labute approximate surface area is 217 Å². The molecule has 6 nitrogen and oxygen atoms in total. The van der Waals surface area contributed by atoms with Crippen LogP contribution in [0.5, 0.6) is 0 Å². The topological polar surface area (TPSA) is 81.7 Å². The van der Waals surface area contributed by atoms with Gasteiger partial charge in [-0.2, -0.15) is 0 Å². The van der Waals surface area contributed by atoms with Gasteiger partial charge in [-0.3, -0.25) is 4.79 Å². The van der Waals surface area contributed by atoms with Crippen molar-refractivity contribution in [2.75, 3.05) is 11.9 Å². The third-order valence-electron chi connectivity index (χ3n) is 5.42. The van der Waals surface area contributed by atoms with Crippen LogP contribution in [-0.2, 0) is 6.54 Å². The molecule has 3 rings (SSSR count). The molecule has 0 aliphatic carbocycles. The van der Waals surface area contributed by atoms with Crippen LogP contribution in [0.25, 0.3) is 0 Å². The van der Waals surface area contributed by atoms with Crippen molar-refractivity contribution in [3.63, 3.8) is 0 Å². The molecular formula is C26H25Cl2F2N3O3. The zero-order valence-electron chi connectivity index (χ0n) is 19.6. The smallest absolute Gasteiger partial charge is 0.322 e. The van der Waals surface area contributed by atoms with Gasteiger partial charge in [0.05, 0.1) is 28.3 Å². The Bertz CT molecular complexity index is 1240.